The van der Waals surface area contributed by atoms with Crippen molar-refractivity contribution in [3.05, 3.63) is 36.0 Å². The number of hydrogen-bond donors (Lipinski definition) is 2. The lowest BCUT2D eigenvalue weighted by Gasteiger charge is -2.07. The molecule has 0 amide bonds. The summed E-state index contributed by atoms with van der Waals surface area (Å²) >= 11 is 0. The number of aryl methyl sites for hydroxylation is 1. The van der Waals surface area contributed by atoms with Crippen molar-refractivity contribution in [2.45, 2.75) is 4.90 Å². The van der Waals surface area contributed by atoms with Gasteiger partial charge in [-0.2, -0.15) is 5.10 Å². The van der Waals surface area contributed by atoms with Gasteiger partial charge in [0.15, 0.2) is 5.82 Å². The highest BCUT2D eigenvalue weighted by molar-refractivity contribution is 7.92. The molecule has 0 saturated carbocycles. The Labute approximate surface area is 107 Å². The van der Waals surface area contributed by atoms with E-state index in [0.29, 0.717) is 0 Å². The van der Waals surface area contributed by atoms with Gasteiger partial charge in [-0.05, 0) is 12.1 Å². The zero-order valence-corrected chi connectivity index (χ0v) is 10.6. The van der Waals surface area contributed by atoms with Gasteiger partial charge in [0.1, 0.15) is 16.5 Å². The molecule has 2 aromatic rings. The first-order valence-corrected chi connectivity index (χ1v) is 6.55. The number of nitrogens with zero attached hydrogens (tertiary/aromatic N) is 2. The van der Waals surface area contributed by atoms with Crippen LogP contribution in [0.4, 0.5) is 20.3 Å². The molecule has 0 unspecified atom stereocenters. The topological polar surface area (TPSA) is 90.0 Å². The minimum absolute atomic E-state index is 0.230. The second-order valence-electron chi connectivity index (χ2n) is 3.78. The van der Waals surface area contributed by atoms with E-state index < -0.39 is 27.3 Å². The molecule has 102 valence electrons. The molecule has 0 fully saturated rings. The van der Waals surface area contributed by atoms with Crippen molar-refractivity contribution >= 4 is 21.5 Å². The Balaban J connectivity index is 2.42. The summed E-state index contributed by atoms with van der Waals surface area (Å²) in [6, 6.07) is 2.44. The van der Waals surface area contributed by atoms with Crippen LogP contribution in [0.25, 0.3) is 0 Å². The van der Waals surface area contributed by atoms with Gasteiger partial charge in [-0.15, -0.1) is 0 Å². The summed E-state index contributed by atoms with van der Waals surface area (Å²) in [7, 11) is -2.64. The first-order valence-electron chi connectivity index (χ1n) is 5.06. The summed E-state index contributed by atoms with van der Waals surface area (Å²) < 4.78 is 53.4. The Hall–Kier alpha value is -2.16. The maximum absolute atomic E-state index is 13.4. The van der Waals surface area contributed by atoms with E-state index in [9.17, 15) is 17.2 Å². The molecule has 3 N–H and O–H groups in total. The Morgan fingerprint density at radius 3 is 2.63 bits per heavy atom. The van der Waals surface area contributed by atoms with E-state index in [1.54, 1.807) is 0 Å². The molecule has 9 heteroatoms. The van der Waals surface area contributed by atoms with Crippen molar-refractivity contribution in [3.8, 4) is 0 Å². The zero-order chi connectivity index (χ0) is 14.2. The van der Waals surface area contributed by atoms with E-state index >= 15 is 0 Å². The number of sulfonamides is 1. The van der Waals surface area contributed by atoms with Crippen molar-refractivity contribution in [1.29, 1.82) is 0 Å². The van der Waals surface area contributed by atoms with E-state index in [-0.39, 0.29) is 10.7 Å². The van der Waals surface area contributed by atoms with E-state index in [2.05, 4.69) is 5.10 Å². The van der Waals surface area contributed by atoms with Gasteiger partial charge < -0.3 is 5.73 Å². The number of halogens is 2. The molecule has 0 atom stereocenters. The fraction of sp³-hybridized carbons (Fsp3) is 0.100. The fourth-order valence-electron chi connectivity index (χ4n) is 1.47. The molecule has 1 heterocycles. The van der Waals surface area contributed by atoms with Gasteiger partial charge in [0.2, 0.25) is 0 Å². The Bertz CT molecular complexity index is 727. The lowest BCUT2D eigenvalue weighted by molar-refractivity contribution is 0.594. The highest BCUT2D eigenvalue weighted by Gasteiger charge is 2.22. The quantitative estimate of drug-likeness (QED) is 0.884. The van der Waals surface area contributed by atoms with Crippen LogP contribution in [0, 0.1) is 11.6 Å². The minimum Gasteiger partial charge on any atom is -0.381 e. The molecule has 0 radical (unpaired) electrons. The number of benzene rings is 1. The Kier molecular flexibility index (Phi) is 3.14. The van der Waals surface area contributed by atoms with Gasteiger partial charge in [-0.1, -0.05) is 0 Å². The SMILES string of the molecule is Cn1cc(S(=O)(=O)Nc2cc(F)ccc2F)c(N)n1. The number of nitrogen functional groups attached to an aromatic ring is 1. The lowest BCUT2D eigenvalue weighted by atomic mass is 10.3. The molecule has 0 bridgehead atoms. The van der Waals surface area contributed by atoms with Crippen LogP contribution >= 0.6 is 0 Å². The van der Waals surface area contributed by atoms with Crippen molar-refractivity contribution in [2.24, 2.45) is 7.05 Å². The first kappa shape index (κ1) is 13.3. The van der Waals surface area contributed by atoms with Gasteiger partial charge >= 0.3 is 0 Å². The molecule has 1 aromatic heterocycles. The number of rotatable bonds is 3. The monoisotopic (exact) mass is 288 g/mol. The maximum atomic E-state index is 13.4. The van der Waals surface area contributed by atoms with Gasteiger partial charge in [0, 0.05) is 19.3 Å². The van der Waals surface area contributed by atoms with Gasteiger partial charge in [-0.25, -0.2) is 17.2 Å². The summed E-state index contributed by atoms with van der Waals surface area (Å²) in [6.07, 6.45) is 1.16. The third-order valence-electron chi connectivity index (χ3n) is 2.28. The van der Waals surface area contributed by atoms with Crippen LogP contribution in [-0.2, 0) is 17.1 Å². The Morgan fingerprint density at radius 1 is 1.37 bits per heavy atom. The van der Waals surface area contributed by atoms with E-state index in [4.69, 9.17) is 5.73 Å². The smallest absolute Gasteiger partial charge is 0.267 e. The van der Waals surface area contributed by atoms with E-state index in [1.165, 1.54) is 11.7 Å². The van der Waals surface area contributed by atoms with Crippen molar-refractivity contribution < 1.29 is 17.2 Å². The molecule has 0 aliphatic carbocycles. The molecule has 0 saturated heterocycles. The van der Waals surface area contributed by atoms with E-state index in [1.807, 2.05) is 4.72 Å². The third kappa shape index (κ3) is 2.65. The predicted molar refractivity (Wildman–Crippen MR) is 64.8 cm³/mol. The Morgan fingerprint density at radius 2 is 2.05 bits per heavy atom. The first-order chi connectivity index (χ1) is 8.79. The molecule has 6 nitrogen and oxygen atoms in total. The van der Waals surface area contributed by atoms with E-state index in [0.717, 1.165) is 24.4 Å². The van der Waals surface area contributed by atoms with Crippen LogP contribution in [0.1, 0.15) is 0 Å². The third-order valence-corrected chi connectivity index (χ3v) is 3.67. The second-order valence-corrected chi connectivity index (χ2v) is 5.43. The highest BCUT2D eigenvalue weighted by atomic mass is 32.2. The molecule has 0 aliphatic heterocycles. The van der Waals surface area contributed by atoms with Crippen LogP contribution < -0.4 is 10.5 Å². The number of nitrogens with two attached hydrogens (primary N) is 1. The molecule has 19 heavy (non-hydrogen) atoms. The highest BCUT2D eigenvalue weighted by Crippen LogP contribution is 2.22. The van der Waals surface area contributed by atoms with Crippen LogP contribution in [0.3, 0.4) is 0 Å². The van der Waals surface area contributed by atoms with Crippen LogP contribution in [0.2, 0.25) is 0 Å². The summed E-state index contributed by atoms with van der Waals surface area (Å²) in [5.74, 6) is -1.89. The molecule has 0 aliphatic rings. The maximum Gasteiger partial charge on any atom is 0.267 e. The molecule has 1 aromatic carbocycles. The van der Waals surface area contributed by atoms with Crippen molar-refractivity contribution in [1.82, 2.24) is 9.78 Å². The minimum atomic E-state index is -4.13. The predicted octanol–water partition coefficient (Wildman–Crippen LogP) is 1.08. The summed E-state index contributed by atoms with van der Waals surface area (Å²) in [4.78, 5) is -0.307. The number of aromatic nitrogens is 2. The van der Waals surface area contributed by atoms with Gasteiger partial charge in [0.25, 0.3) is 10.0 Å². The van der Waals surface area contributed by atoms with Crippen LogP contribution in [-0.4, -0.2) is 18.2 Å². The second kappa shape index (κ2) is 4.50. The molecular formula is C10H10F2N4O2S. The molecule has 0 spiro atoms. The summed E-state index contributed by atoms with van der Waals surface area (Å²) in [5, 5.41) is 3.67. The number of hydrogen-bond acceptors (Lipinski definition) is 4. The average Bonchev–Trinajstić information content (AvgIpc) is 2.63. The lowest BCUT2D eigenvalue weighted by Crippen LogP contribution is -2.15. The van der Waals surface area contributed by atoms with Gasteiger partial charge in [0.05, 0.1) is 5.69 Å². The zero-order valence-electron chi connectivity index (χ0n) is 9.76. The fourth-order valence-corrected chi connectivity index (χ4v) is 2.63. The summed E-state index contributed by atoms with van der Waals surface area (Å²) in [6.45, 7) is 0. The average molecular weight is 288 g/mol. The normalized spacial score (nSPS) is 11.5. The van der Waals surface area contributed by atoms with Crippen molar-refractivity contribution in [2.75, 3.05) is 10.5 Å². The van der Waals surface area contributed by atoms with Crippen LogP contribution in [0.15, 0.2) is 29.3 Å². The molecule has 2 rings (SSSR count). The number of anilines is 2. The number of nitrogens with one attached hydrogen (secondary N) is 1. The van der Waals surface area contributed by atoms with Crippen LogP contribution in [0.5, 0.6) is 0 Å². The molecular weight excluding hydrogens is 278 g/mol. The standard InChI is InChI=1S/C10H10F2N4O2S/c1-16-5-9(10(13)14-16)19(17,18)15-8-4-6(11)2-3-7(8)12/h2-5,15H,1H3,(H2,13,14). The summed E-state index contributed by atoms with van der Waals surface area (Å²) in [5.41, 5.74) is 4.93. The largest absolute Gasteiger partial charge is 0.381 e. The van der Waals surface area contributed by atoms with Crippen molar-refractivity contribution in [3.63, 3.8) is 0 Å². The van der Waals surface area contributed by atoms with Gasteiger partial charge in [-0.3, -0.25) is 9.40 Å².